The summed E-state index contributed by atoms with van der Waals surface area (Å²) in [5, 5.41) is 5.36. The molecule has 0 aliphatic carbocycles. The van der Waals surface area contributed by atoms with E-state index in [-0.39, 0.29) is 42.3 Å². The van der Waals surface area contributed by atoms with Crippen molar-refractivity contribution in [1.82, 2.24) is 15.6 Å². The van der Waals surface area contributed by atoms with Crippen LogP contribution in [-0.2, 0) is 16.6 Å². The molecule has 2 rings (SSSR count). The fourth-order valence-electron chi connectivity index (χ4n) is 2.30. The van der Waals surface area contributed by atoms with Crippen LogP contribution in [0.3, 0.4) is 0 Å². The minimum Gasteiger partial charge on any atom is -0.445 e. The number of hydrogen-bond donors (Lipinski definition) is 2. The Morgan fingerprint density at radius 3 is 2.52 bits per heavy atom. The number of carbonyl (C=O) groups is 2. The Hall–Kier alpha value is -2.70. The predicted molar refractivity (Wildman–Crippen MR) is 100 cm³/mol. The van der Waals surface area contributed by atoms with E-state index in [1.54, 1.807) is 25.3 Å². The van der Waals surface area contributed by atoms with Crippen LogP contribution in [0.5, 0.6) is 0 Å². The molecule has 7 heteroatoms. The summed E-state index contributed by atoms with van der Waals surface area (Å²) in [6.07, 6.45) is 2.36. The summed E-state index contributed by atoms with van der Waals surface area (Å²) in [6.45, 7) is 8.27. The highest BCUT2D eigenvalue weighted by Gasteiger charge is 2.19. The molecule has 6 nitrogen and oxygen atoms in total. The molecule has 0 radical (unpaired) electrons. The van der Waals surface area contributed by atoms with Gasteiger partial charge in [-0.2, -0.15) is 0 Å². The monoisotopic (exact) mass is 375 g/mol. The third kappa shape index (κ3) is 6.20. The molecule has 2 amide bonds. The van der Waals surface area contributed by atoms with Crippen LogP contribution in [0.25, 0.3) is 0 Å². The van der Waals surface area contributed by atoms with Gasteiger partial charge in [0.05, 0.1) is 6.20 Å². The summed E-state index contributed by atoms with van der Waals surface area (Å²) in [5.74, 6) is 0.369. The van der Waals surface area contributed by atoms with Gasteiger partial charge < -0.3 is 15.1 Å². The average molecular weight is 375 g/mol. The number of hydrogen-bond acceptors (Lipinski definition) is 4. The topological polar surface area (TPSA) is 84.2 Å². The Bertz CT molecular complexity index is 809. The molecule has 1 aromatic carbocycles. The average Bonchev–Trinajstić information content (AvgIpc) is 3.08. The van der Waals surface area contributed by atoms with E-state index in [2.05, 4.69) is 15.6 Å². The van der Waals surface area contributed by atoms with Crippen molar-refractivity contribution in [1.29, 1.82) is 0 Å². The second-order valence-corrected chi connectivity index (χ2v) is 7.44. The number of benzene rings is 1. The third-order valence-electron chi connectivity index (χ3n) is 4.03. The Morgan fingerprint density at radius 2 is 1.89 bits per heavy atom. The SMILES string of the molecule is Cc1ccc(C(=O)NCCNC(=O)CCc2ncc(C(C)(C)C)o2)cc1F. The van der Waals surface area contributed by atoms with Crippen molar-refractivity contribution in [2.24, 2.45) is 0 Å². The van der Waals surface area contributed by atoms with Crippen LogP contribution in [0.1, 0.15) is 54.8 Å². The normalized spacial score (nSPS) is 11.3. The fraction of sp³-hybridized carbons (Fsp3) is 0.450. The van der Waals surface area contributed by atoms with Gasteiger partial charge in [-0.3, -0.25) is 9.59 Å². The number of carbonyl (C=O) groups excluding carboxylic acids is 2. The lowest BCUT2D eigenvalue weighted by atomic mass is 9.94. The number of rotatable bonds is 7. The van der Waals surface area contributed by atoms with Gasteiger partial charge in [0.2, 0.25) is 5.91 Å². The molecule has 1 aromatic heterocycles. The Labute approximate surface area is 158 Å². The van der Waals surface area contributed by atoms with E-state index >= 15 is 0 Å². The van der Waals surface area contributed by atoms with E-state index in [1.807, 2.05) is 20.8 Å². The molecule has 0 unspecified atom stereocenters. The second-order valence-electron chi connectivity index (χ2n) is 7.44. The molecule has 27 heavy (non-hydrogen) atoms. The lowest BCUT2D eigenvalue weighted by Crippen LogP contribution is -2.34. The number of halogens is 1. The number of amides is 2. The lowest BCUT2D eigenvalue weighted by Gasteiger charge is -2.13. The predicted octanol–water partition coefficient (Wildman–Crippen LogP) is 2.90. The van der Waals surface area contributed by atoms with Crippen molar-refractivity contribution < 1.29 is 18.4 Å². The smallest absolute Gasteiger partial charge is 0.251 e. The number of nitrogens with one attached hydrogen (secondary N) is 2. The van der Waals surface area contributed by atoms with E-state index in [4.69, 9.17) is 4.42 Å². The van der Waals surface area contributed by atoms with E-state index < -0.39 is 5.82 Å². The summed E-state index contributed by atoms with van der Waals surface area (Å²) in [5.41, 5.74) is 0.619. The van der Waals surface area contributed by atoms with Gasteiger partial charge in [-0.05, 0) is 24.6 Å². The van der Waals surface area contributed by atoms with Crippen molar-refractivity contribution in [3.05, 3.63) is 53.0 Å². The van der Waals surface area contributed by atoms with Gasteiger partial charge in [-0.25, -0.2) is 9.37 Å². The van der Waals surface area contributed by atoms with Gasteiger partial charge >= 0.3 is 0 Å². The second kappa shape index (κ2) is 8.79. The van der Waals surface area contributed by atoms with Crippen molar-refractivity contribution in [3.8, 4) is 0 Å². The highest BCUT2D eigenvalue weighted by atomic mass is 19.1. The zero-order valence-electron chi connectivity index (χ0n) is 16.2. The highest BCUT2D eigenvalue weighted by Crippen LogP contribution is 2.22. The number of nitrogens with zero attached hydrogens (tertiary/aromatic N) is 1. The molecule has 0 aliphatic heterocycles. The Kier molecular flexibility index (Phi) is 6.71. The first-order chi connectivity index (χ1) is 12.7. The lowest BCUT2D eigenvalue weighted by molar-refractivity contribution is -0.121. The zero-order valence-corrected chi connectivity index (χ0v) is 16.2. The van der Waals surface area contributed by atoms with E-state index in [0.717, 1.165) is 5.76 Å². The first-order valence-corrected chi connectivity index (χ1v) is 8.93. The van der Waals surface area contributed by atoms with Crippen LogP contribution in [0.2, 0.25) is 0 Å². The maximum absolute atomic E-state index is 13.5. The summed E-state index contributed by atoms with van der Waals surface area (Å²) >= 11 is 0. The summed E-state index contributed by atoms with van der Waals surface area (Å²) in [4.78, 5) is 28.0. The maximum atomic E-state index is 13.5. The molecular weight excluding hydrogens is 349 g/mol. The molecule has 2 N–H and O–H groups in total. The summed E-state index contributed by atoms with van der Waals surface area (Å²) in [7, 11) is 0. The summed E-state index contributed by atoms with van der Waals surface area (Å²) in [6, 6.07) is 4.32. The largest absolute Gasteiger partial charge is 0.445 e. The fourth-order valence-corrected chi connectivity index (χ4v) is 2.30. The molecule has 0 bridgehead atoms. The van der Waals surface area contributed by atoms with Gasteiger partial charge in [-0.1, -0.05) is 26.8 Å². The first-order valence-electron chi connectivity index (χ1n) is 8.93. The molecule has 146 valence electrons. The summed E-state index contributed by atoms with van der Waals surface area (Å²) < 4.78 is 19.1. The molecule has 0 fully saturated rings. The van der Waals surface area contributed by atoms with Gasteiger partial charge in [-0.15, -0.1) is 0 Å². The molecular formula is C20H26FN3O3. The van der Waals surface area contributed by atoms with Gasteiger partial charge in [0, 0.05) is 36.9 Å². The van der Waals surface area contributed by atoms with Crippen LogP contribution in [0, 0.1) is 12.7 Å². The van der Waals surface area contributed by atoms with Crippen molar-refractivity contribution in [2.45, 2.75) is 46.0 Å². The standard InChI is InChI=1S/C20H26FN3O3/c1-13-5-6-14(11-15(13)21)19(26)23-10-9-22-17(25)7-8-18-24-12-16(27-18)20(2,3)4/h5-6,11-12H,7-10H2,1-4H3,(H,22,25)(H,23,26). The minimum atomic E-state index is -0.419. The molecule has 1 heterocycles. The number of aromatic nitrogens is 1. The van der Waals surface area contributed by atoms with E-state index in [0.29, 0.717) is 17.9 Å². The zero-order chi connectivity index (χ0) is 20.0. The van der Waals surface area contributed by atoms with Crippen molar-refractivity contribution in [2.75, 3.05) is 13.1 Å². The minimum absolute atomic E-state index is 0.119. The molecule has 0 spiro atoms. The molecule has 0 aliphatic rings. The van der Waals surface area contributed by atoms with Crippen molar-refractivity contribution >= 4 is 11.8 Å². The Morgan fingerprint density at radius 1 is 1.19 bits per heavy atom. The molecule has 2 aromatic rings. The quantitative estimate of drug-likeness (QED) is 0.729. The van der Waals surface area contributed by atoms with Crippen LogP contribution in [0.4, 0.5) is 4.39 Å². The molecule has 0 atom stereocenters. The van der Waals surface area contributed by atoms with Crippen LogP contribution >= 0.6 is 0 Å². The van der Waals surface area contributed by atoms with Crippen LogP contribution in [-0.4, -0.2) is 29.9 Å². The third-order valence-corrected chi connectivity index (χ3v) is 4.03. The Balaban J connectivity index is 1.68. The van der Waals surface area contributed by atoms with Crippen LogP contribution in [0.15, 0.2) is 28.8 Å². The van der Waals surface area contributed by atoms with Crippen LogP contribution < -0.4 is 10.6 Å². The van der Waals surface area contributed by atoms with Crippen molar-refractivity contribution in [3.63, 3.8) is 0 Å². The number of oxazole rings is 1. The van der Waals surface area contributed by atoms with E-state index in [9.17, 15) is 14.0 Å². The van der Waals surface area contributed by atoms with Gasteiger partial charge in [0.15, 0.2) is 5.89 Å². The van der Waals surface area contributed by atoms with Gasteiger partial charge in [0.1, 0.15) is 11.6 Å². The molecule has 0 saturated carbocycles. The highest BCUT2D eigenvalue weighted by molar-refractivity contribution is 5.94. The number of aryl methyl sites for hydroxylation is 2. The van der Waals surface area contributed by atoms with Gasteiger partial charge in [0.25, 0.3) is 5.91 Å². The van der Waals surface area contributed by atoms with E-state index in [1.165, 1.54) is 6.07 Å². The first kappa shape index (κ1) is 20.6. The maximum Gasteiger partial charge on any atom is 0.251 e. The molecule has 0 saturated heterocycles.